The topological polar surface area (TPSA) is 70.7 Å². The molecule has 0 radical (unpaired) electrons. The third-order valence-corrected chi connectivity index (χ3v) is 4.81. The van der Waals surface area contributed by atoms with Crippen molar-refractivity contribution >= 4 is 17.5 Å². The monoisotopic (exact) mass is 396 g/mol. The normalized spacial score (nSPS) is 11.7. The average molecular weight is 397 g/mol. The van der Waals surface area contributed by atoms with Gasteiger partial charge in [-0.25, -0.2) is 9.07 Å². The molecule has 0 aliphatic heterocycles. The van der Waals surface area contributed by atoms with Crippen molar-refractivity contribution in [3.8, 4) is 6.07 Å². The molecule has 1 amide bonds. The summed E-state index contributed by atoms with van der Waals surface area (Å²) < 4.78 is 14.6. The highest BCUT2D eigenvalue weighted by Gasteiger charge is 2.22. The van der Waals surface area contributed by atoms with Gasteiger partial charge in [0.05, 0.1) is 35.5 Å². The molecule has 3 aromatic rings. The van der Waals surface area contributed by atoms with Crippen molar-refractivity contribution in [2.75, 3.05) is 0 Å². The Hall–Kier alpha value is -3.17. The molecule has 0 spiro atoms. The Morgan fingerprint density at radius 2 is 1.89 bits per heavy atom. The minimum Gasteiger partial charge on any atom is -0.345 e. The van der Waals surface area contributed by atoms with Crippen LogP contribution in [0.2, 0.25) is 5.15 Å². The third kappa shape index (κ3) is 4.21. The molecule has 0 fully saturated rings. The molecule has 28 heavy (non-hydrogen) atoms. The lowest BCUT2D eigenvalue weighted by Crippen LogP contribution is -2.27. The smallest absolute Gasteiger partial charge is 0.256 e. The number of halogens is 2. The van der Waals surface area contributed by atoms with E-state index in [9.17, 15) is 9.18 Å². The largest absolute Gasteiger partial charge is 0.345 e. The molecular formula is C21H18ClFN4O. The minimum absolute atomic E-state index is 0.228. The van der Waals surface area contributed by atoms with Crippen LogP contribution in [0.3, 0.4) is 0 Å². The minimum atomic E-state index is -0.329. The van der Waals surface area contributed by atoms with Gasteiger partial charge in [0.15, 0.2) is 0 Å². The van der Waals surface area contributed by atoms with E-state index in [2.05, 4.69) is 16.5 Å². The Kier molecular flexibility index (Phi) is 5.76. The first-order chi connectivity index (χ1) is 13.4. The van der Waals surface area contributed by atoms with E-state index in [1.54, 1.807) is 43.3 Å². The summed E-state index contributed by atoms with van der Waals surface area (Å²) in [5.41, 5.74) is 3.08. The van der Waals surface area contributed by atoms with Crippen molar-refractivity contribution in [1.82, 2.24) is 15.1 Å². The van der Waals surface area contributed by atoms with Gasteiger partial charge < -0.3 is 5.32 Å². The van der Waals surface area contributed by atoms with E-state index in [4.69, 9.17) is 16.9 Å². The first kappa shape index (κ1) is 19.6. The van der Waals surface area contributed by atoms with E-state index in [-0.39, 0.29) is 22.9 Å². The Morgan fingerprint density at radius 3 is 2.50 bits per heavy atom. The van der Waals surface area contributed by atoms with E-state index in [1.807, 2.05) is 6.92 Å². The first-order valence-corrected chi connectivity index (χ1v) is 9.05. The van der Waals surface area contributed by atoms with Crippen LogP contribution in [0.4, 0.5) is 4.39 Å². The van der Waals surface area contributed by atoms with Crippen molar-refractivity contribution < 1.29 is 9.18 Å². The zero-order valence-corrected chi connectivity index (χ0v) is 16.2. The number of hydrogen-bond acceptors (Lipinski definition) is 3. The summed E-state index contributed by atoms with van der Waals surface area (Å²) in [5.74, 6) is -0.645. The standard InChI is InChI=1S/C21H18ClFN4O/c1-13(17-7-3-15(11-24)4-8-17)25-21(28)19-14(2)26-27(20(19)22)12-16-5-9-18(23)10-6-16/h3-10,13H,12H2,1-2H3,(H,25,28). The maximum atomic E-state index is 13.1. The van der Waals surface area contributed by atoms with Crippen LogP contribution in [0.1, 0.15) is 45.7 Å². The van der Waals surface area contributed by atoms with E-state index in [1.165, 1.54) is 16.8 Å². The Bertz CT molecular complexity index is 1040. The van der Waals surface area contributed by atoms with Crippen LogP contribution in [0.5, 0.6) is 0 Å². The van der Waals surface area contributed by atoms with Crippen molar-refractivity contribution in [3.63, 3.8) is 0 Å². The highest BCUT2D eigenvalue weighted by molar-refractivity contribution is 6.33. The van der Waals surface area contributed by atoms with Gasteiger partial charge in [0.1, 0.15) is 11.0 Å². The highest BCUT2D eigenvalue weighted by Crippen LogP contribution is 2.22. The molecule has 0 saturated carbocycles. The van der Waals surface area contributed by atoms with Gasteiger partial charge in [0.2, 0.25) is 0 Å². The van der Waals surface area contributed by atoms with Gasteiger partial charge in [-0.1, -0.05) is 35.9 Å². The van der Waals surface area contributed by atoms with Gasteiger partial charge in [0, 0.05) is 0 Å². The summed E-state index contributed by atoms with van der Waals surface area (Å²) in [4.78, 5) is 12.8. The van der Waals surface area contributed by atoms with Crippen LogP contribution in [0.15, 0.2) is 48.5 Å². The SMILES string of the molecule is Cc1nn(Cc2ccc(F)cc2)c(Cl)c1C(=O)NC(C)c1ccc(C#N)cc1. The number of carbonyl (C=O) groups is 1. The number of aromatic nitrogens is 2. The quantitative estimate of drug-likeness (QED) is 0.695. The molecule has 142 valence electrons. The molecule has 0 bridgehead atoms. The molecule has 0 aliphatic carbocycles. The van der Waals surface area contributed by atoms with E-state index in [0.29, 0.717) is 23.4 Å². The number of hydrogen-bond donors (Lipinski definition) is 1. The number of benzene rings is 2. The maximum absolute atomic E-state index is 13.1. The van der Waals surface area contributed by atoms with Crippen molar-refractivity contribution in [1.29, 1.82) is 5.26 Å². The zero-order chi connectivity index (χ0) is 20.3. The number of amides is 1. The molecule has 1 N–H and O–H groups in total. The van der Waals surface area contributed by atoms with Gasteiger partial charge in [-0.3, -0.25) is 4.79 Å². The summed E-state index contributed by atoms with van der Waals surface area (Å²) >= 11 is 6.40. The molecule has 7 heteroatoms. The fourth-order valence-electron chi connectivity index (χ4n) is 2.88. The summed E-state index contributed by atoms with van der Waals surface area (Å²) in [6, 6.07) is 14.8. The van der Waals surface area contributed by atoms with Crippen LogP contribution in [-0.4, -0.2) is 15.7 Å². The number of nitrogens with zero attached hydrogens (tertiary/aromatic N) is 3. The molecule has 1 heterocycles. The highest BCUT2D eigenvalue weighted by atomic mass is 35.5. The fourth-order valence-corrected chi connectivity index (χ4v) is 3.20. The molecule has 5 nitrogen and oxygen atoms in total. The van der Waals surface area contributed by atoms with Gasteiger partial charge in [0.25, 0.3) is 5.91 Å². The second kappa shape index (κ2) is 8.24. The average Bonchev–Trinajstić information content (AvgIpc) is 2.96. The summed E-state index contributed by atoms with van der Waals surface area (Å²) in [6.45, 7) is 3.90. The lowest BCUT2D eigenvalue weighted by molar-refractivity contribution is 0.0939. The second-order valence-electron chi connectivity index (χ2n) is 6.46. The van der Waals surface area contributed by atoms with Gasteiger partial charge in [-0.2, -0.15) is 10.4 Å². The van der Waals surface area contributed by atoms with Gasteiger partial charge in [-0.15, -0.1) is 0 Å². The maximum Gasteiger partial charge on any atom is 0.256 e. The predicted molar refractivity (Wildman–Crippen MR) is 105 cm³/mol. The second-order valence-corrected chi connectivity index (χ2v) is 6.82. The Morgan fingerprint density at radius 1 is 1.25 bits per heavy atom. The van der Waals surface area contributed by atoms with Crippen molar-refractivity contribution in [2.45, 2.75) is 26.4 Å². The molecule has 1 atom stereocenters. The van der Waals surface area contributed by atoms with Crippen LogP contribution in [-0.2, 0) is 6.54 Å². The number of nitrogens with one attached hydrogen (secondary N) is 1. The van der Waals surface area contributed by atoms with Crippen molar-refractivity contribution in [2.24, 2.45) is 0 Å². The van der Waals surface area contributed by atoms with Crippen LogP contribution >= 0.6 is 11.6 Å². The number of rotatable bonds is 5. The molecule has 1 aromatic heterocycles. The molecular weight excluding hydrogens is 379 g/mol. The molecule has 3 rings (SSSR count). The van der Waals surface area contributed by atoms with Crippen molar-refractivity contribution in [3.05, 3.63) is 87.4 Å². The van der Waals surface area contributed by atoms with Gasteiger partial charge in [-0.05, 0) is 49.2 Å². The zero-order valence-electron chi connectivity index (χ0n) is 15.4. The third-order valence-electron chi connectivity index (χ3n) is 4.43. The van der Waals surface area contributed by atoms with Crippen LogP contribution in [0.25, 0.3) is 0 Å². The first-order valence-electron chi connectivity index (χ1n) is 8.67. The van der Waals surface area contributed by atoms with Gasteiger partial charge >= 0.3 is 0 Å². The number of carbonyl (C=O) groups excluding carboxylic acids is 1. The molecule has 0 aliphatic rings. The van der Waals surface area contributed by atoms with Crippen LogP contribution < -0.4 is 5.32 Å². The lowest BCUT2D eigenvalue weighted by atomic mass is 10.1. The summed E-state index contributed by atoms with van der Waals surface area (Å²) in [6.07, 6.45) is 0. The number of aryl methyl sites for hydroxylation is 1. The number of nitriles is 1. The summed E-state index contributed by atoms with van der Waals surface area (Å²) in [7, 11) is 0. The Labute approximate surface area is 167 Å². The lowest BCUT2D eigenvalue weighted by Gasteiger charge is -2.14. The molecule has 2 aromatic carbocycles. The predicted octanol–water partition coefficient (Wildman–Crippen LogP) is 4.40. The molecule has 1 unspecified atom stereocenters. The Balaban J connectivity index is 1.77. The molecule has 0 saturated heterocycles. The van der Waals surface area contributed by atoms with E-state index in [0.717, 1.165) is 11.1 Å². The van der Waals surface area contributed by atoms with E-state index >= 15 is 0 Å². The van der Waals surface area contributed by atoms with Crippen LogP contribution in [0, 0.1) is 24.1 Å². The fraction of sp³-hybridized carbons (Fsp3) is 0.190. The summed E-state index contributed by atoms with van der Waals surface area (Å²) in [5, 5.41) is 16.4. The van der Waals surface area contributed by atoms with E-state index < -0.39 is 0 Å².